The highest BCUT2D eigenvalue weighted by Gasteiger charge is 2.21. The van der Waals surface area contributed by atoms with Gasteiger partial charge in [-0.1, -0.05) is 13.8 Å². The van der Waals surface area contributed by atoms with Gasteiger partial charge >= 0.3 is 5.97 Å². The lowest BCUT2D eigenvalue weighted by molar-refractivity contribution is -0.140. The summed E-state index contributed by atoms with van der Waals surface area (Å²) in [6.07, 6.45) is 0.620. The Labute approximate surface area is 116 Å². The molecule has 8 nitrogen and oxygen atoms in total. The van der Waals surface area contributed by atoms with Crippen LogP contribution in [0, 0.1) is 5.92 Å². The number of hydrogen-bond acceptors (Lipinski definition) is 6. The summed E-state index contributed by atoms with van der Waals surface area (Å²) in [6.45, 7) is 3.27. The van der Waals surface area contributed by atoms with Crippen LogP contribution in [0.4, 0.5) is 5.95 Å². The molecule has 0 saturated carbocycles. The Morgan fingerprint density at radius 1 is 1.40 bits per heavy atom. The summed E-state index contributed by atoms with van der Waals surface area (Å²) in [6, 6.07) is 0.0781. The molecule has 1 atom stereocenters. The highest BCUT2D eigenvalue weighted by atomic mass is 16.4. The van der Waals surface area contributed by atoms with Gasteiger partial charge in [0.25, 0.3) is 5.91 Å². The molecule has 5 N–H and O–H groups in total. The van der Waals surface area contributed by atoms with Crippen LogP contribution in [0.3, 0.4) is 0 Å². The van der Waals surface area contributed by atoms with Crippen molar-refractivity contribution < 1.29 is 19.8 Å². The number of carboxylic acid groups (broad SMARTS) is 1. The maximum atomic E-state index is 11.9. The van der Waals surface area contributed by atoms with Gasteiger partial charge in [0.15, 0.2) is 6.04 Å². The van der Waals surface area contributed by atoms with Gasteiger partial charge in [0.2, 0.25) is 5.95 Å². The summed E-state index contributed by atoms with van der Waals surface area (Å²) < 4.78 is 0. The molecule has 0 aliphatic heterocycles. The fourth-order valence-corrected chi connectivity index (χ4v) is 1.57. The maximum Gasteiger partial charge on any atom is 0.328 e. The topological polar surface area (TPSA) is 138 Å². The molecule has 0 aliphatic carbocycles. The van der Waals surface area contributed by atoms with E-state index in [0.29, 0.717) is 18.0 Å². The zero-order valence-electron chi connectivity index (χ0n) is 11.3. The van der Waals surface area contributed by atoms with E-state index >= 15 is 0 Å². The number of carbonyl (C=O) groups excluding carboxylic acids is 1. The number of aliphatic carboxylic acids is 1. The lowest BCUT2D eigenvalue weighted by atomic mass is 10.1. The Bertz CT molecular complexity index is 504. The van der Waals surface area contributed by atoms with Gasteiger partial charge in [0.05, 0.1) is 6.61 Å². The second-order valence-electron chi connectivity index (χ2n) is 4.75. The van der Waals surface area contributed by atoms with Gasteiger partial charge in [0, 0.05) is 5.69 Å². The summed E-state index contributed by atoms with van der Waals surface area (Å²) in [5.41, 5.74) is 6.11. The molecule has 1 aromatic rings. The molecule has 20 heavy (non-hydrogen) atoms. The molecule has 0 spiro atoms. The van der Waals surface area contributed by atoms with Gasteiger partial charge in [-0.25, -0.2) is 14.8 Å². The van der Waals surface area contributed by atoms with Crippen molar-refractivity contribution >= 4 is 17.8 Å². The van der Waals surface area contributed by atoms with Gasteiger partial charge in [-0.05, 0) is 18.4 Å². The van der Waals surface area contributed by atoms with Gasteiger partial charge in [-0.15, -0.1) is 0 Å². The molecule has 0 saturated heterocycles. The summed E-state index contributed by atoms with van der Waals surface area (Å²) in [5, 5.41) is 19.8. The van der Waals surface area contributed by atoms with E-state index in [4.69, 9.17) is 15.9 Å². The first-order valence-corrected chi connectivity index (χ1v) is 6.11. The molecule has 1 amide bonds. The molecule has 1 aromatic heterocycles. The third-order valence-electron chi connectivity index (χ3n) is 2.43. The molecule has 0 unspecified atom stereocenters. The van der Waals surface area contributed by atoms with Crippen molar-refractivity contribution in [2.45, 2.75) is 26.3 Å². The van der Waals surface area contributed by atoms with E-state index in [2.05, 4.69) is 15.3 Å². The highest BCUT2D eigenvalue weighted by Crippen LogP contribution is 2.09. The third-order valence-corrected chi connectivity index (χ3v) is 2.43. The fraction of sp³-hybridized carbons (Fsp3) is 0.500. The van der Waals surface area contributed by atoms with E-state index in [1.165, 1.54) is 6.07 Å². The molecule has 0 aliphatic rings. The summed E-state index contributed by atoms with van der Waals surface area (Å²) in [7, 11) is 0. The Kier molecular flexibility index (Phi) is 5.39. The van der Waals surface area contributed by atoms with Gasteiger partial charge in [-0.3, -0.25) is 4.79 Å². The molecular formula is C12H18N4O4. The fourth-order valence-electron chi connectivity index (χ4n) is 1.57. The lowest BCUT2D eigenvalue weighted by Gasteiger charge is -2.12. The number of carboxylic acids is 1. The SMILES string of the molecule is CC(C)Cc1cc(C(=O)N[C@H](CO)C(=O)O)nc(N)n1. The Hall–Kier alpha value is -2.22. The number of hydrogen-bond donors (Lipinski definition) is 4. The summed E-state index contributed by atoms with van der Waals surface area (Å²) >= 11 is 0. The number of aliphatic hydroxyl groups is 1. The van der Waals surface area contributed by atoms with E-state index in [9.17, 15) is 9.59 Å². The summed E-state index contributed by atoms with van der Waals surface area (Å²) in [4.78, 5) is 30.4. The Morgan fingerprint density at radius 2 is 2.05 bits per heavy atom. The summed E-state index contributed by atoms with van der Waals surface area (Å²) in [5.74, 6) is -1.77. The number of aromatic nitrogens is 2. The van der Waals surface area contributed by atoms with Crippen LogP contribution in [0.2, 0.25) is 0 Å². The zero-order chi connectivity index (χ0) is 15.3. The normalized spacial score (nSPS) is 12.2. The van der Waals surface area contributed by atoms with Crippen LogP contribution in [0.5, 0.6) is 0 Å². The molecule has 0 aromatic carbocycles. The van der Waals surface area contributed by atoms with Crippen molar-refractivity contribution in [3.05, 3.63) is 17.5 Å². The van der Waals surface area contributed by atoms with Crippen LogP contribution in [0.25, 0.3) is 0 Å². The molecule has 1 rings (SSSR count). The van der Waals surface area contributed by atoms with Crippen molar-refractivity contribution in [2.75, 3.05) is 12.3 Å². The van der Waals surface area contributed by atoms with Gasteiger partial charge < -0.3 is 21.3 Å². The number of rotatable bonds is 6. The smallest absolute Gasteiger partial charge is 0.328 e. The van der Waals surface area contributed by atoms with E-state index in [-0.39, 0.29) is 11.6 Å². The van der Waals surface area contributed by atoms with E-state index in [1.54, 1.807) is 0 Å². The molecular weight excluding hydrogens is 264 g/mol. The molecule has 0 bridgehead atoms. The first-order chi connectivity index (χ1) is 9.33. The number of nitrogen functional groups attached to an aromatic ring is 1. The second-order valence-corrected chi connectivity index (χ2v) is 4.75. The number of aliphatic hydroxyl groups excluding tert-OH is 1. The minimum absolute atomic E-state index is 0.0205. The van der Waals surface area contributed by atoms with E-state index < -0.39 is 24.5 Å². The molecule has 1 heterocycles. The average molecular weight is 282 g/mol. The number of anilines is 1. The van der Waals surface area contributed by atoms with Crippen molar-refractivity contribution in [2.24, 2.45) is 5.92 Å². The predicted octanol–water partition coefficient (Wildman–Crippen LogP) is -0.567. The molecule has 0 fully saturated rings. The van der Waals surface area contributed by atoms with Crippen molar-refractivity contribution in [1.29, 1.82) is 0 Å². The van der Waals surface area contributed by atoms with Crippen LogP contribution < -0.4 is 11.1 Å². The van der Waals surface area contributed by atoms with Crippen LogP contribution in [-0.2, 0) is 11.2 Å². The lowest BCUT2D eigenvalue weighted by Crippen LogP contribution is -2.43. The first-order valence-electron chi connectivity index (χ1n) is 6.11. The van der Waals surface area contributed by atoms with Crippen molar-refractivity contribution in [3.8, 4) is 0 Å². The van der Waals surface area contributed by atoms with E-state index in [1.807, 2.05) is 13.8 Å². The molecule has 0 radical (unpaired) electrons. The Morgan fingerprint density at radius 3 is 2.55 bits per heavy atom. The number of nitrogens with one attached hydrogen (secondary N) is 1. The monoisotopic (exact) mass is 282 g/mol. The van der Waals surface area contributed by atoms with Crippen LogP contribution in [-0.4, -0.2) is 44.7 Å². The number of nitrogens with two attached hydrogens (primary N) is 1. The third kappa shape index (κ3) is 4.47. The van der Waals surface area contributed by atoms with Crippen molar-refractivity contribution in [1.82, 2.24) is 15.3 Å². The van der Waals surface area contributed by atoms with Gasteiger partial charge in [-0.2, -0.15) is 0 Å². The maximum absolute atomic E-state index is 11.9. The largest absolute Gasteiger partial charge is 0.480 e. The second kappa shape index (κ2) is 6.80. The van der Waals surface area contributed by atoms with Gasteiger partial charge in [0.1, 0.15) is 5.69 Å². The minimum Gasteiger partial charge on any atom is -0.480 e. The van der Waals surface area contributed by atoms with Crippen LogP contribution in [0.1, 0.15) is 30.0 Å². The standard InChI is InChI=1S/C12H18N4O4/c1-6(2)3-7-4-8(16-12(13)14-7)10(18)15-9(5-17)11(19)20/h4,6,9,17H,3,5H2,1-2H3,(H,15,18)(H,19,20)(H2,13,14,16)/t9-/m1/s1. The van der Waals surface area contributed by atoms with Crippen LogP contribution in [0.15, 0.2) is 6.07 Å². The minimum atomic E-state index is -1.38. The highest BCUT2D eigenvalue weighted by molar-refractivity contribution is 5.95. The molecule has 8 heteroatoms. The number of amides is 1. The first kappa shape index (κ1) is 15.8. The van der Waals surface area contributed by atoms with Crippen LogP contribution >= 0.6 is 0 Å². The van der Waals surface area contributed by atoms with E-state index in [0.717, 1.165) is 0 Å². The van der Waals surface area contributed by atoms with Crippen molar-refractivity contribution in [3.63, 3.8) is 0 Å². The molecule has 110 valence electrons. The predicted molar refractivity (Wildman–Crippen MR) is 71.0 cm³/mol. The number of carbonyl (C=O) groups is 2. The quantitative estimate of drug-likeness (QED) is 0.548. The Balaban J connectivity index is 2.92. The number of nitrogens with zero attached hydrogens (tertiary/aromatic N) is 2. The average Bonchev–Trinajstić information content (AvgIpc) is 2.33. The zero-order valence-corrected chi connectivity index (χ0v) is 11.3.